The minimum atomic E-state index is 0.327. The molecule has 1 nitrogen and oxygen atoms in total. The molecule has 0 saturated heterocycles. The smallest absolute Gasteiger partial charge is 0.0488 e. The minimum absolute atomic E-state index is 0.327. The number of nitrogens with one attached hydrogen (secondary N) is 1. The van der Waals surface area contributed by atoms with Gasteiger partial charge in [-0.05, 0) is 56.0 Å². The summed E-state index contributed by atoms with van der Waals surface area (Å²) in [6.07, 6.45) is 2.36. The molecule has 0 bridgehead atoms. The minimum Gasteiger partial charge on any atom is -0.379 e. The topological polar surface area (TPSA) is 12.0 Å². The van der Waals surface area contributed by atoms with Crippen molar-refractivity contribution in [3.63, 3.8) is 0 Å². The van der Waals surface area contributed by atoms with E-state index in [-0.39, 0.29) is 0 Å². The molecule has 2 rings (SSSR count). The molecule has 106 valence electrons. The van der Waals surface area contributed by atoms with E-state index in [9.17, 15) is 0 Å². The van der Waals surface area contributed by atoms with Gasteiger partial charge >= 0.3 is 0 Å². The molecule has 0 spiro atoms. The van der Waals surface area contributed by atoms with Crippen LogP contribution in [0.15, 0.2) is 42.5 Å². The standard InChI is InChI=1S/C19H25N/c1-5-6-17-8-10-18(11-9-17)20-16(4)19-12-7-14(2)13-15(19)3/h7-13,16,20H,5-6H2,1-4H3. The maximum Gasteiger partial charge on any atom is 0.0488 e. The van der Waals surface area contributed by atoms with E-state index < -0.39 is 0 Å². The first-order valence-electron chi connectivity index (χ1n) is 7.52. The van der Waals surface area contributed by atoms with Crippen LogP contribution < -0.4 is 5.32 Å². The zero-order valence-electron chi connectivity index (χ0n) is 13.0. The summed E-state index contributed by atoms with van der Waals surface area (Å²) in [4.78, 5) is 0. The summed E-state index contributed by atoms with van der Waals surface area (Å²) >= 11 is 0. The van der Waals surface area contributed by atoms with E-state index in [2.05, 4.69) is 75.5 Å². The van der Waals surface area contributed by atoms with Crippen molar-refractivity contribution in [3.8, 4) is 0 Å². The van der Waals surface area contributed by atoms with Crippen LogP contribution in [-0.2, 0) is 6.42 Å². The third-order valence-electron chi connectivity index (χ3n) is 3.77. The second-order valence-corrected chi connectivity index (χ2v) is 5.67. The first-order chi connectivity index (χ1) is 9.60. The molecular formula is C19H25N. The van der Waals surface area contributed by atoms with Gasteiger partial charge in [0.05, 0.1) is 0 Å². The van der Waals surface area contributed by atoms with Crippen molar-refractivity contribution in [1.82, 2.24) is 0 Å². The highest BCUT2D eigenvalue weighted by molar-refractivity contribution is 5.47. The molecular weight excluding hydrogens is 242 g/mol. The molecule has 2 aromatic rings. The quantitative estimate of drug-likeness (QED) is 0.761. The lowest BCUT2D eigenvalue weighted by molar-refractivity contribution is 0.872. The largest absolute Gasteiger partial charge is 0.379 e. The van der Waals surface area contributed by atoms with Crippen molar-refractivity contribution in [2.24, 2.45) is 0 Å². The van der Waals surface area contributed by atoms with Crippen LogP contribution in [-0.4, -0.2) is 0 Å². The first kappa shape index (κ1) is 14.6. The summed E-state index contributed by atoms with van der Waals surface area (Å²) in [6.45, 7) is 8.76. The highest BCUT2D eigenvalue weighted by atomic mass is 14.9. The van der Waals surface area contributed by atoms with Gasteiger partial charge in [0.1, 0.15) is 0 Å². The van der Waals surface area contributed by atoms with E-state index in [1.54, 1.807) is 0 Å². The molecule has 0 saturated carbocycles. The van der Waals surface area contributed by atoms with Crippen LogP contribution >= 0.6 is 0 Å². The second-order valence-electron chi connectivity index (χ2n) is 5.67. The van der Waals surface area contributed by atoms with Crippen molar-refractivity contribution in [3.05, 3.63) is 64.7 Å². The molecule has 0 fully saturated rings. The molecule has 2 aromatic carbocycles. The number of hydrogen-bond donors (Lipinski definition) is 1. The molecule has 1 unspecified atom stereocenters. The molecule has 1 N–H and O–H groups in total. The average molecular weight is 267 g/mol. The van der Waals surface area contributed by atoms with Gasteiger partial charge in [-0.2, -0.15) is 0 Å². The van der Waals surface area contributed by atoms with Crippen LogP contribution in [0.4, 0.5) is 5.69 Å². The fraction of sp³-hybridized carbons (Fsp3) is 0.368. The van der Waals surface area contributed by atoms with E-state index in [1.807, 2.05) is 0 Å². The monoisotopic (exact) mass is 267 g/mol. The normalized spacial score (nSPS) is 12.2. The summed E-state index contributed by atoms with van der Waals surface area (Å²) in [5.41, 5.74) is 6.65. The summed E-state index contributed by atoms with van der Waals surface area (Å²) in [5, 5.41) is 3.59. The Morgan fingerprint density at radius 1 is 1.00 bits per heavy atom. The molecule has 0 amide bonds. The zero-order chi connectivity index (χ0) is 14.5. The predicted octanol–water partition coefficient (Wildman–Crippen LogP) is 5.43. The van der Waals surface area contributed by atoms with Gasteiger partial charge in [0.25, 0.3) is 0 Å². The van der Waals surface area contributed by atoms with Gasteiger partial charge < -0.3 is 5.32 Å². The molecule has 1 atom stereocenters. The predicted molar refractivity (Wildman–Crippen MR) is 88.4 cm³/mol. The number of hydrogen-bond acceptors (Lipinski definition) is 1. The number of anilines is 1. The Morgan fingerprint density at radius 3 is 2.30 bits per heavy atom. The van der Waals surface area contributed by atoms with Crippen LogP contribution in [0.1, 0.15) is 48.6 Å². The SMILES string of the molecule is CCCc1ccc(NC(C)c2ccc(C)cc2C)cc1. The molecule has 0 aromatic heterocycles. The van der Waals surface area contributed by atoms with Gasteiger partial charge in [0.2, 0.25) is 0 Å². The third kappa shape index (κ3) is 3.63. The molecule has 0 aliphatic carbocycles. The van der Waals surface area contributed by atoms with Crippen LogP contribution in [0.5, 0.6) is 0 Å². The van der Waals surface area contributed by atoms with E-state index in [0.717, 1.165) is 6.42 Å². The maximum atomic E-state index is 3.59. The second kappa shape index (κ2) is 6.60. The Bertz CT molecular complexity index is 554. The van der Waals surface area contributed by atoms with Gasteiger partial charge in [0.15, 0.2) is 0 Å². The van der Waals surface area contributed by atoms with E-state index in [0.29, 0.717) is 6.04 Å². The Kier molecular flexibility index (Phi) is 4.84. The molecule has 0 aliphatic heterocycles. The molecule has 0 heterocycles. The van der Waals surface area contributed by atoms with Crippen LogP contribution in [0.3, 0.4) is 0 Å². The summed E-state index contributed by atoms with van der Waals surface area (Å²) in [7, 11) is 0. The lowest BCUT2D eigenvalue weighted by Gasteiger charge is -2.18. The van der Waals surface area contributed by atoms with E-state index in [4.69, 9.17) is 0 Å². The number of benzene rings is 2. The molecule has 0 radical (unpaired) electrons. The van der Waals surface area contributed by atoms with Crippen molar-refractivity contribution in [2.75, 3.05) is 5.32 Å². The Hall–Kier alpha value is -1.76. The Balaban J connectivity index is 2.08. The van der Waals surface area contributed by atoms with Gasteiger partial charge in [-0.3, -0.25) is 0 Å². The zero-order valence-corrected chi connectivity index (χ0v) is 13.0. The third-order valence-corrected chi connectivity index (χ3v) is 3.77. The van der Waals surface area contributed by atoms with Crippen molar-refractivity contribution in [2.45, 2.75) is 46.6 Å². The van der Waals surface area contributed by atoms with Crippen molar-refractivity contribution >= 4 is 5.69 Å². The maximum absolute atomic E-state index is 3.59. The van der Waals surface area contributed by atoms with Gasteiger partial charge in [-0.25, -0.2) is 0 Å². The Labute approximate surface area is 123 Å². The van der Waals surface area contributed by atoms with Crippen LogP contribution in [0, 0.1) is 13.8 Å². The highest BCUT2D eigenvalue weighted by Crippen LogP contribution is 2.23. The summed E-state index contributed by atoms with van der Waals surface area (Å²) in [6, 6.07) is 15.8. The molecule has 20 heavy (non-hydrogen) atoms. The van der Waals surface area contributed by atoms with Crippen molar-refractivity contribution in [1.29, 1.82) is 0 Å². The summed E-state index contributed by atoms with van der Waals surface area (Å²) in [5.74, 6) is 0. The summed E-state index contributed by atoms with van der Waals surface area (Å²) < 4.78 is 0. The number of aryl methyl sites for hydroxylation is 3. The Morgan fingerprint density at radius 2 is 1.70 bits per heavy atom. The van der Waals surface area contributed by atoms with Gasteiger partial charge in [0, 0.05) is 11.7 Å². The number of rotatable bonds is 5. The van der Waals surface area contributed by atoms with Crippen LogP contribution in [0.25, 0.3) is 0 Å². The van der Waals surface area contributed by atoms with E-state index in [1.165, 1.54) is 34.4 Å². The first-order valence-corrected chi connectivity index (χ1v) is 7.52. The van der Waals surface area contributed by atoms with E-state index >= 15 is 0 Å². The molecule has 0 aliphatic rings. The fourth-order valence-corrected chi connectivity index (χ4v) is 2.70. The lowest BCUT2D eigenvalue weighted by atomic mass is 10.00. The van der Waals surface area contributed by atoms with Crippen LogP contribution in [0.2, 0.25) is 0 Å². The fourth-order valence-electron chi connectivity index (χ4n) is 2.70. The van der Waals surface area contributed by atoms with Gasteiger partial charge in [-0.1, -0.05) is 49.2 Å². The molecule has 1 heteroatoms. The average Bonchev–Trinajstić information content (AvgIpc) is 2.41. The lowest BCUT2D eigenvalue weighted by Crippen LogP contribution is -2.08. The highest BCUT2D eigenvalue weighted by Gasteiger charge is 2.08. The van der Waals surface area contributed by atoms with Crippen molar-refractivity contribution < 1.29 is 0 Å². The van der Waals surface area contributed by atoms with Gasteiger partial charge in [-0.15, -0.1) is 0 Å².